The Morgan fingerprint density at radius 3 is 2.65 bits per heavy atom. The number of ketones is 1. The summed E-state index contributed by atoms with van der Waals surface area (Å²) >= 11 is 5.72. The fraction of sp³-hybridized carbons (Fsp3) is 0.267. The summed E-state index contributed by atoms with van der Waals surface area (Å²) in [4.78, 5) is 20.2. The van der Waals surface area contributed by atoms with Crippen LogP contribution in [-0.2, 0) is 6.42 Å². The molecule has 0 spiro atoms. The summed E-state index contributed by atoms with van der Waals surface area (Å²) in [6, 6.07) is 6.05. The Labute approximate surface area is 121 Å². The van der Waals surface area contributed by atoms with E-state index in [1.54, 1.807) is 12.1 Å². The van der Waals surface area contributed by atoms with Gasteiger partial charge in [0, 0.05) is 11.9 Å². The molecule has 0 amide bonds. The zero-order valence-electron chi connectivity index (χ0n) is 11.2. The van der Waals surface area contributed by atoms with Crippen LogP contribution in [0.2, 0.25) is 5.02 Å². The van der Waals surface area contributed by atoms with Crippen molar-refractivity contribution >= 4 is 17.4 Å². The van der Waals surface area contributed by atoms with Crippen LogP contribution in [0.3, 0.4) is 0 Å². The van der Waals surface area contributed by atoms with E-state index < -0.39 is 0 Å². The van der Waals surface area contributed by atoms with Crippen LogP contribution >= 0.6 is 11.6 Å². The summed E-state index contributed by atoms with van der Waals surface area (Å²) in [6.45, 7) is 3.72. The number of carbonyl (C=O) groups excluding carboxylic acids is 1. The first-order valence-corrected chi connectivity index (χ1v) is 6.65. The number of rotatable bonds is 4. The maximum atomic E-state index is 13.6. The average molecular weight is 293 g/mol. The number of Topliss-reactive ketones (excluding diaryl/α,β-unsaturated/α-hetero) is 1. The van der Waals surface area contributed by atoms with E-state index in [-0.39, 0.29) is 23.9 Å². The summed E-state index contributed by atoms with van der Waals surface area (Å²) in [7, 11) is 0. The maximum Gasteiger partial charge on any atom is 0.187 e. The van der Waals surface area contributed by atoms with Crippen molar-refractivity contribution in [3.8, 4) is 0 Å². The highest BCUT2D eigenvalue weighted by molar-refractivity contribution is 6.30. The van der Waals surface area contributed by atoms with E-state index in [0.717, 1.165) is 0 Å². The lowest BCUT2D eigenvalue weighted by atomic mass is 10.1. The Morgan fingerprint density at radius 1 is 1.30 bits per heavy atom. The fourth-order valence-corrected chi connectivity index (χ4v) is 1.91. The highest BCUT2D eigenvalue weighted by Gasteiger charge is 2.13. The molecule has 0 unspecified atom stereocenters. The maximum absolute atomic E-state index is 13.6. The van der Waals surface area contributed by atoms with Gasteiger partial charge in [-0.2, -0.15) is 0 Å². The summed E-state index contributed by atoms with van der Waals surface area (Å²) in [5, 5.41) is 0.476. The minimum Gasteiger partial charge on any atom is -0.292 e. The molecule has 20 heavy (non-hydrogen) atoms. The fourth-order valence-electron chi connectivity index (χ4n) is 1.80. The first-order chi connectivity index (χ1) is 9.47. The molecule has 5 heteroatoms. The third-order valence-electron chi connectivity index (χ3n) is 2.83. The monoisotopic (exact) mass is 292 g/mol. The smallest absolute Gasteiger partial charge is 0.187 e. The van der Waals surface area contributed by atoms with Gasteiger partial charge < -0.3 is 0 Å². The van der Waals surface area contributed by atoms with Gasteiger partial charge in [-0.1, -0.05) is 25.4 Å². The van der Waals surface area contributed by atoms with Gasteiger partial charge in [-0.3, -0.25) is 14.8 Å². The molecule has 0 saturated heterocycles. The Bertz CT molecular complexity index is 626. The minimum absolute atomic E-state index is 0.0290. The van der Waals surface area contributed by atoms with Gasteiger partial charge in [-0.05, 0) is 30.2 Å². The van der Waals surface area contributed by atoms with Crippen LogP contribution in [0.25, 0.3) is 0 Å². The van der Waals surface area contributed by atoms with E-state index in [9.17, 15) is 9.18 Å². The number of nitrogens with zero attached hydrogens (tertiary/aromatic N) is 2. The Morgan fingerprint density at radius 2 is 2.05 bits per heavy atom. The van der Waals surface area contributed by atoms with E-state index in [2.05, 4.69) is 9.97 Å². The molecule has 0 atom stereocenters. The molecule has 0 aliphatic rings. The Kier molecular flexibility index (Phi) is 4.45. The summed E-state index contributed by atoms with van der Waals surface area (Å²) < 4.78 is 13.6. The van der Waals surface area contributed by atoms with Crippen molar-refractivity contribution in [3.05, 3.63) is 58.4 Å². The van der Waals surface area contributed by atoms with Crippen molar-refractivity contribution in [1.29, 1.82) is 0 Å². The second-order valence-corrected chi connectivity index (χ2v) is 5.22. The summed E-state index contributed by atoms with van der Waals surface area (Å²) in [5.41, 5.74) is 1.24. The lowest BCUT2D eigenvalue weighted by molar-refractivity contribution is 0.0987. The third-order valence-corrected chi connectivity index (χ3v) is 3.06. The van der Waals surface area contributed by atoms with Crippen molar-refractivity contribution in [1.82, 2.24) is 9.97 Å². The van der Waals surface area contributed by atoms with Crippen LogP contribution in [-0.4, -0.2) is 15.8 Å². The standard InChI is InChI=1S/C15H14ClFN2O/c1-9(2)15-12(17)5-4-11(19-15)7-14(20)13-6-3-10(16)8-18-13/h3-6,8-9H,7H2,1-2H3. The quantitative estimate of drug-likeness (QED) is 0.805. The van der Waals surface area contributed by atoms with E-state index in [0.29, 0.717) is 22.1 Å². The number of hydrogen-bond acceptors (Lipinski definition) is 3. The third kappa shape index (κ3) is 3.39. The van der Waals surface area contributed by atoms with Gasteiger partial charge in [0.25, 0.3) is 0 Å². The zero-order valence-corrected chi connectivity index (χ0v) is 12.0. The normalized spacial score (nSPS) is 10.8. The Hall–Kier alpha value is -1.81. The summed E-state index contributed by atoms with van der Waals surface area (Å²) in [5.74, 6) is -0.546. The topological polar surface area (TPSA) is 42.9 Å². The van der Waals surface area contributed by atoms with E-state index in [4.69, 9.17) is 11.6 Å². The molecule has 2 aromatic heterocycles. The van der Waals surface area contributed by atoms with Gasteiger partial charge in [0.2, 0.25) is 0 Å². The molecule has 0 aliphatic heterocycles. The average Bonchev–Trinajstić information content (AvgIpc) is 2.41. The van der Waals surface area contributed by atoms with E-state index in [1.165, 1.54) is 18.3 Å². The number of halogens is 2. The van der Waals surface area contributed by atoms with Crippen LogP contribution in [0.4, 0.5) is 4.39 Å². The molecule has 104 valence electrons. The van der Waals surface area contributed by atoms with Crippen molar-refractivity contribution in [3.63, 3.8) is 0 Å². The van der Waals surface area contributed by atoms with Crippen LogP contribution in [0.1, 0.15) is 41.6 Å². The number of carbonyl (C=O) groups is 1. The van der Waals surface area contributed by atoms with Crippen LogP contribution in [0, 0.1) is 5.82 Å². The first-order valence-electron chi connectivity index (χ1n) is 6.27. The van der Waals surface area contributed by atoms with Crippen molar-refractivity contribution in [2.45, 2.75) is 26.2 Å². The molecule has 0 aliphatic carbocycles. The highest BCUT2D eigenvalue weighted by atomic mass is 35.5. The molecule has 2 aromatic rings. The second-order valence-electron chi connectivity index (χ2n) is 4.79. The molecule has 0 N–H and O–H groups in total. The van der Waals surface area contributed by atoms with Crippen molar-refractivity contribution in [2.75, 3.05) is 0 Å². The lowest BCUT2D eigenvalue weighted by Crippen LogP contribution is -2.09. The van der Waals surface area contributed by atoms with Gasteiger partial charge in [-0.25, -0.2) is 4.39 Å². The first kappa shape index (κ1) is 14.6. The second kappa shape index (κ2) is 6.09. The lowest BCUT2D eigenvalue weighted by Gasteiger charge is -2.08. The van der Waals surface area contributed by atoms with Crippen molar-refractivity contribution < 1.29 is 9.18 Å². The molecule has 0 bridgehead atoms. The summed E-state index contributed by atoms with van der Waals surface area (Å²) in [6.07, 6.45) is 1.51. The van der Waals surface area contributed by atoms with Crippen molar-refractivity contribution in [2.24, 2.45) is 0 Å². The molecule has 0 fully saturated rings. The highest BCUT2D eigenvalue weighted by Crippen LogP contribution is 2.17. The van der Waals surface area contributed by atoms with Gasteiger partial charge in [0.1, 0.15) is 11.5 Å². The van der Waals surface area contributed by atoms with E-state index in [1.807, 2.05) is 13.8 Å². The SMILES string of the molecule is CC(C)c1nc(CC(=O)c2ccc(Cl)cn2)ccc1F. The van der Waals surface area contributed by atoms with Gasteiger partial charge in [0.15, 0.2) is 5.78 Å². The number of pyridine rings is 2. The molecule has 0 saturated carbocycles. The molecule has 3 nitrogen and oxygen atoms in total. The van der Waals surface area contributed by atoms with Crippen LogP contribution < -0.4 is 0 Å². The molecular weight excluding hydrogens is 279 g/mol. The predicted octanol–water partition coefficient (Wildman–Crippen LogP) is 3.82. The van der Waals surface area contributed by atoms with E-state index >= 15 is 0 Å². The molecule has 2 heterocycles. The van der Waals surface area contributed by atoms with Gasteiger partial charge in [-0.15, -0.1) is 0 Å². The molecular formula is C15H14ClFN2O. The minimum atomic E-state index is -0.346. The predicted molar refractivity (Wildman–Crippen MR) is 75.6 cm³/mol. The number of aromatic nitrogens is 2. The Balaban J connectivity index is 2.19. The number of hydrogen-bond donors (Lipinski definition) is 0. The molecule has 0 radical (unpaired) electrons. The van der Waals surface area contributed by atoms with Crippen LogP contribution in [0.5, 0.6) is 0 Å². The molecule has 0 aromatic carbocycles. The van der Waals surface area contributed by atoms with Gasteiger partial charge >= 0.3 is 0 Å². The largest absolute Gasteiger partial charge is 0.292 e. The van der Waals surface area contributed by atoms with Crippen LogP contribution in [0.15, 0.2) is 30.5 Å². The zero-order chi connectivity index (χ0) is 14.7. The molecule has 2 rings (SSSR count). The van der Waals surface area contributed by atoms with Gasteiger partial charge in [0.05, 0.1) is 17.1 Å².